The van der Waals surface area contributed by atoms with Crippen molar-refractivity contribution in [3.63, 3.8) is 0 Å². The van der Waals surface area contributed by atoms with Crippen LogP contribution in [0.4, 0.5) is 17.6 Å². The summed E-state index contributed by atoms with van der Waals surface area (Å²) in [5.74, 6) is 2.41. The summed E-state index contributed by atoms with van der Waals surface area (Å²) in [7, 11) is 0. The molecule has 2 aromatic carbocycles. The lowest BCUT2D eigenvalue weighted by Crippen LogP contribution is -2.30. The maximum absolute atomic E-state index is 13.6. The molecule has 0 aliphatic heterocycles. The zero-order valence-corrected chi connectivity index (χ0v) is 10.3. The van der Waals surface area contributed by atoms with Crippen molar-refractivity contribution in [1.82, 2.24) is 5.43 Å². The number of rotatable bonds is 4. The number of nitrogens with two attached hydrogens (primary N) is 1. The Morgan fingerprint density at radius 1 is 0.900 bits per heavy atom. The molecule has 6 heteroatoms. The van der Waals surface area contributed by atoms with E-state index in [9.17, 15) is 17.6 Å². The van der Waals surface area contributed by atoms with Crippen LogP contribution in [0.2, 0.25) is 0 Å². The summed E-state index contributed by atoms with van der Waals surface area (Å²) in [5, 5.41) is 0. The lowest BCUT2D eigenvalue weighted by molar-refractivity contribution is 0.512. The predicted molar refractivity (Wildman–Crippen MR) is 66.5 cm³/mol. The molecule has 0 bridgehead atoms. The number of nitrogens with one attached hydrogen (secondary N) is 1. The van der Waals surface area contributed by atoms with Crippen LogP contribution in [-0.2, 0) is 6.42 Å². The number of hydrazine groups is 1. The summed E-state index contributed by atoms with van der Waals surface area (Å²) in [4.78, 5) is 0. The third-order valence-corrected chi connectivity index (χ3v) is 2.93. The van der Waals surface area contributed by atoms with E-state index in [0.717, 1.165) is 30.3 Å². The van der Waals surface area contributed by atoms with Crippen LogP contribution in [0.3, 0.4) is 0 Å². The van der Waals surface area contributed by atoms with Gasteiger partial charge in [-0.1, -0.05) is 6.07 Å². The molecule has 1 unspecified atom stereocenters. The van der Waals surface area contributed by atoms with Crippen molar-refractivity contribution < 1.29 is 17.6 Å². The molecule has 20 heavy (non-hydrogen) atoms. The van der Waals surface area contributed by atoms with Gasteiger partial charge in [-0.25, -0.2) is 17.6 Å². The van der Waals surface area contributed by atoms with Crippen molar-refractivity contribution in [1.29, 1.82) is 0 Å². The maximum atomic E-state index is 13.6. The van der Waals surface area contributed by atoms with Crippen molar-refractivity contribution in [2.45, 2.75) is 12.5 Å². The molecule has 2 rings (SSSR count). The Morgan fingerprint density at radius 2 is 1.55 bits per heavy atom. The van der Waals surface area contributed by atoms with Crippen LogP contribution >= 0.6 is 0 Å². The Kier molecular flexibility index (Phi) is 4.36. The Balaban J connectivity index is 2.28. The molecule has 2 nitrogen and oxygen atoms in total. The Labute approximate surface area is 113 Å². The van der Waals surface area contributed by atoms with Crippen molar-refractivity contribution >= 4 is 0 Å². The summed E-state index contributed by atoms with van der Waals surface area (Å²) in [5.41, 5.74) is 2.81. The monoisotopic (exact) mass is 284 g/mol. The lowest BCUT2D eigenvalue weighted by atomic mass is 9.99. The first-order valence-corrected chi connectivity index (χ1v) is 5.85. The molecule has 106 valence electrons. The molecule has 0 fully saturated rings. The van der Waals surface area contributed by atoms with Crippen LogP contribution in [0.15, 0.2) is 36.4 Å². The average molecular weight is 284 g/mol. The quantitative estimate of drug-likeness (QED) is 0.514. The van der Waals surface area contributed by atoms with Gasteiger partial charge in [-0.2, -0.15) is 0 Å². The predicted octanol–water partition coefficient (Wildman–Crippen LogP) is 2.99. The van der Waals surface area contributed by atoms with Crippen LogP contribution in [0.1, 0.15) is 17.2 Å². The molecule has 0 radical (unpaired) electrons. The second kappa shape index (κ2) is 6.02. The molecule has 0 spiro atoms. The summed E-state index contributed by atoms with van der Waals surface area (Å²) < 4.78 is 52.7. The highest BCUT2D eigenvalue weighted by Gasteiger charge is 2.15. The fraction of sp³-hybridized carbons (Fsp3) is 0.143. The number of hydrogen-bond acceptors (Lipinski definition) is 2. The van der Waals surface area contributed by atoms with Gasteiger partial charge in [-0.3, -0.25) is 11.3 Å². The molecular weight excluding hydrogens is 272 g/mol. The van der Waals surface area contributed by atoms with E-state index in [1.165, 1.54) is 6.07 Å². The van der Waals surface area contributed by atoms with Crippen molar-refractivity contribution in [2.24, 2.45) is 5.84 Å². The summed E-state index contributed by atoms with van der Waals surface area (Å²) in [6, 6.07) is 5.37. The highest BCUT2D eigenvalue weighted by molar-refractivity contribution is 5.26. The number of benzene rings is 2. The van der Waals surface area contributed by atoms with Gasteiger partial charge in [0.1, 0.15) is 23.3 Å². The molecule has 0 amide bonds. The molecule has 0 saturated carbocycles. The topological polar surface area (TPSA) is 38.0 Å². The van der Waals surface area contributed by atoms with E-state index in [1.807, 2.05) is 0 Å². The van der Waals surface area contributed by atoms with Gasteiger partial charge in [0.25, 0.3) is 0 Å². The van der Waals surface area contributed by atoms with E-state index in [0.29, 0.717) is 0 Å². The van der Waals surface area contributed by atoms with Crippen molar-refractivity contribution in [3.05, 3.63) is 70.8 Å². The summed E-state index contributed by atoms with van der Waals surface area (Å²) >= 11 is 0. The molecular formula is C14H12F4N2. The van der Waals surface area contributed by atoms with E-state index in [2.05, 4.69) is 5.43 Å². The second-order valence-corrected chi connectivity index (χ2v) is 4.36. The van der Waals surface area contributed by atoms with Crippen LogP contribution in [-0.4, -0.2) is 0 Å². The second-order valence-electron chi connectivity index (χ2n) is 4.36. The first-order valence-electron chi connectivity index (χ1n) is 5.85. The molecule has 0 aliphatic rings. The standard InChI is InChI=1S/C14H12F4N2/c15-10-2-1-8(13(18)7-10)5-14(20-19)9-3-11(16)6-12(17)4-9/h1-4,6-7,14,20H,5,19H2. The van der Waals surface area contributed by atoms with Gasteiger partial charge in [0, 0.05) is 12.1 Å². The maximum Gasteiger partial charge on any atom is 0.129 e. The largest absolute Gasteiger partial charge is 0.271 e. The van der Waals surface area contributed by atoms with E-state index in [-0.39, 0.29) is 17.5 Å². The molecule has 1 atom stereocenters. The normalized spacial score (nSPS) is 12.4. The van der Waals surface area contributed by atoms with E-state index < -0.39 is 29.3 Å². The Bertz CT molecular complexity index is 596. The Hall–Kier alpha value is -1.92. The highest BCUT2D eigenvalue weighted by atomic mass is 19.1. The van der Waals surface area contributed by atoms with Crippen LogP contribution in [0.5, 0.6) is 0 Å². The zero-order chi connectivity index (χ0) is 14.7. The van der Waals surface area contributed by atoms with Gasteiger partial charge in [0.2, 0.25) is 0 Å². The van der Waals surface area contributed by atoms with Gasteiger partial charge in [0.05, 0.1) is 6.04 Å². The van der Waals surface area contributed by atoms with Gasteiger partial charge in [-0.15, -0.1) is 0 Å². The molecule has 3 N–H and O–H groups in total. The SMILES string of the molecule is NNC(Cc1ccc(F)cc1F)c1cc(F)cc(F)c1. The smallest absolute Gasteiger partial charge is 0.129 e. The first-order chi connectivity index (χ1) is 9.49. The minimum atomic E-state index is -0.750. The molecule has 0 heterocycles. The van der Waals surface area contributed by atoms with Gasteiger partial charge in [0.15, 0.2) is 0 Å². The lowest BCUT2D eigenvalue weighted by Gasteiger charge is -2.17. The fourth-order valence-electron chi connectivity index (χ4n) is 1.96. The van der Waals surface area contributed by atoms with Crippen LogP contribution in [0.25, 0.3) is 0 Å². The van der Waals surface area contributed by atoms with Gasteiger partial charge >= 0.3 is 0 Å². The zero-order valence-electron chi connectivity index (χ0n) is 10.3. The minimum absolute atomic E-state index is 0.0332. The highest BCUT2D eigenvalue weighted by Crippen LogP contribution is 2.22. The van der Waals surface area contributed by atoms with Crippen LogP contribution < -0.4 is 11.3 Å². The van der Waals surface area contributed by atoms with Crippen molar-refractivity contribution in [2.75, 3.05) is 0 Å². The van der Waals surface area contributed by atoms with E-state index in [4.69, 9.17) is 5.84 Å². The van der Waals surface area contributed by atoms with Gasteiger partial charge < -0.3 is 0 Å². The fourth-order valence-corrected chi connectivity index (χ4v) is 1.96. The molecule has 0 saturated heterocycles. The van der Waals surface area contributed by atoms with Crippen LogP contribution in [0, 0.1) is 23.3 Å². The molecule has 2 aromatic rings. The van der Waals surface area contributed by atoms with Crippen molar-refractivity contribution in [3.8, 4) is 0 Å². The van der Waals surface area contributed by atoms with E-state index in [1.54, 1.807) is 0 Å². The number of hydrogen-bond donors (Lipinski definition) is 2. The third-order valence-electron chi connectivity index (χ3n) is 2.93. The molecule has 0 aliphatic carbocycles. The third kappa shape index (κ3) is 3.34. The summed E-state index contributed by atoms with van der Waals surface area (Å²) in [6.45, 7) is 0. The number of halogens is 4. The Morgan fingerprint density at radius 3 is 2.10 bits per heavy atom. The van der Waals surface area contributed by atoms with E-state index >= 15 is 0 Å². The average Bonchev–Trinajstić information content (AvgIpc) is 2.36. The molecule has 0 aromatic heterocycles. The van der Waals surface area contributed by atoms with Gasteiger partial charge in [-0.05, 0) is 35.7 Å². The summed E-state index contributed by atoms with van der Waals surface area (Å²) in [6.07, 6.45) is 0.0332. The minimum Gasteiger partial charge on any atom is -0.271 e. The first kappa shape index (κ1) is 14.5.